The van der Waals surface area contributed by atoms with Crippen molar-refractivity contribution in [2.75, 3.05) is 5.32 Å². The van der Waals surface area contributed by atoms with E-state index in [0.717, 1.165) is 22.9 Å². The summed E-state index contributed by atoms with van der Waals surface area (Å²) in [7, 11) is 0. The van der Waals surface area contributed by atoms with Gasteiger partial charge in [0.1, 0.15) is 5.52 Å². The number of hydrogen-bond acceptors (Lipinski definition) is 4. The maximum atomic E-state index is 10.8. The predicted molar refractivity (Wildman–Crippen MR) is 95.7 cm³/mol. The molecular formula is C18H18ClN3O. The molecule has 0 atom stereocenters. The zero-order chi connectivity index (χ0) is 16.8. The lowest BCUT2D eigenvalue weighted by atomic mass is 10.2. The zero-order valence-corrected chi connectivity index (χ0v) is 14.1. The second-order valence-electron chi connectivity index (χ2n) is 4.66. The van der Waals surface area contributed by atoms with Gasteiger partial charge in [0, 0.05) is 34.1 Å². The van der Waals surface area contributed by atoms with Crippen LogP contribution in [0.1, 0.15) is 29.8 Å². The summed E-state index contributed by atoms with van der Waals surface area (Å²) in [4.78, 5) is 19.5. The Balaban J connectivity index is 0.000000924. The van der Waals surface area contributed by atoms with Gasteiger partial charge in [-0.25, -0.2) is 4.98 Å². The minimum Gasteiger partial charge on any atom is -0.338 e. The normalized spacial score (nSPS) is 9.91. The maximum absolute atomic E-state index is 10.8. The van der Waals surface area contributed by atoms with E-state index in [4.69, 9.17) is 11.6 Å². The van der Waals surface area contributed by atoms with Gasteiger partial charge in [-0.15, -0.1) is 0 Å². The summed E-state index contributed by atoms with van der Waals surface area (Å²) in [6.45, 7) is 5.94. The summed E-state index contributed by atoms with van der Waals surface area (Å²) in [6.07, 6.45) is 3.99. The average molecular weight is 328 g/mol. The Morgan fingerprint density at radius 3 is 2.70 bits per heavy atom. The Bertz CT molecular complexity index is 834. The van der Waals surface area contributed by atoms with Crippen LogP contribution in [0.4, 0.5) is 11.5 Å². The van der Waals surface area contributed by atoms with Crippen LogP contribution >= 0.6 is 11.6 Å². The van der Waals surface area contributed by atoms with Gasteiger partial charge in [-0.1, -0.05) is 31.5 Å². The topological polar surface area (TPSA) is 54.9 Å². The van der Waals surface area contributed by atoms with E-state index in [9.17, 15) is 4.79 Å². The molecule has 2 aromatic heterocycles. The molecule has 0 spiro atoms. The maximum Gasteiger partial charge on any atom is 0.156 e. The highest BCUT2D eigenvalue weighted by molar-refractivity contribution is 6.31. The summed E-state index contributed by atoms with van der Waals surface area (Å²) in [5.74, 6) is 0.635. The Labute approximate surface area is 140 Å². The molecule has 0 amide bonds. The van der Waals surface area contributed by atoms with Crippen LogP contribution in [0.25, 0.3) is 10.9 Å². The average Bonchev–Trinajstić information content (AvgIpc) is 2.60. The number of aromatic nitrogens is 2. The summed E-state index contributed by atoms with van der Waals surface area (Å²) in [6, 6.07) is 9.26. The lowest BCUT2D eigenvalue weighted by Crippen LogP contribution is -1.98. The number of nitrogens with zero attached hydrogens (tertiary/aromatic N) is 2. The van der Waals surface area contributed by atoms with Crippen molar-refractivity contribution in [3.8, 4) is 0 Å². The number of aldehydes is 1. The van der Waals surface area contributed by atoms with Crippen LogP contribution in [0, 0.1) is 6.92 Å². The third-order valence-corrected chi connectivity index (χ3v) is 3.69. The molecule has 0 saturated heterocycles. The van der Waals surface area contributed by atoms with Gasteiger partial charge in [0.25, 0.3) is 0 Å². The van der Waals surface area contributed by atoms with Crippen molar-refractivity contribution in [3.05, 3.63) is 58.9 Å². The number of pyridine rings is 2. The van der Waals surface area contributed by atoms with E-state index in [1.165, 1.54) is 6.20 Å². The van der Waals surface area contributed by atoms with Crippen molar-refractivity contribution in [2.45, 2.75) is 20.8 Å². The minimum absolute atomic E-state index is 0.540. The van der Waals surface area contributed by atoms with Crippen molar-refractivity contribution in [3.63, 3.8) is 0 Å². The second-order valence-corrected chi connectivity index (χ2v) is 5.06. The predicted octanol–water partition coefficient (Wildman–Crippen LogP) is 5.17. The van der Waals surface area contributed by atoms with E-state index in [2.05, 4.69) is 15.3 Å². The molecule has 0 unspecified atom stereocenters. The molecule has 3 rings (SSSR count). The summed E-state index contributed by atoms with van der Waals surface area (Å²) >= 11 is 6.12. The SMILES string of the molecule is CC.Cc1c(Cl)cccc1Nc1nccc2cc(C=O)cnc12. The van der Waals surface area contributed by atoms with Crippen molar-refractivity contribution in [2.24, 2.45) is 0 Å². The quantitative estimate of drug-likeness (QED) is 0.674. The summed E-state index contributed by atoms with van der Waals surface area (Å²) < 4.78 is 0. The van der Waals surface area contributed by atoms with Crippen LogP contribution < -0.4 is 5.32 Å². The number of hydrogen-bond donors (Lipinski definition) is 1. The fourth-order valence-corrected chi connectivity index (χ4v) is 2.28. The number of halogens is 1. The van der Waals surface area contributed by atoms with E-state index in [1.54, 1.807) is 12.3 Å². The third-order valence-electron chi connectivity index (χ3n) is 3.28. The highest BCUT2D eigenvalue weighted by atomic mass is 35.5. The first-order valence-corrected chi connectivity index (χ1v) is 7.79. The second kappa shape index (κ2) is 7.70. The number of carbonyl (C=O) groups is 1. The van der Waals surface area contributed by atoms with E-state index in [1.807, 2.05) is 45.0 Å². The third kappa shape index (κ3) is 3.66. The first-order chi connectivity index (χ1) is 11.2. The monoisotopic (exact) mass is 327 g/mol. The molecule has 23 heavy (non-hydrogen) atoms. The van der Waals surface area contributed by atoms with Crippen LogP contribution in [0.15, 0.2) is 42.7 Å². The Kier molecular flexibility index (Phi) is 5.66. The smallest absolute Gasteiger partial charge is 0.156 e. The number of carbonyl (C=O) groups excluding carboxylic acids is 1. The number of benzene rings is 1. The fraction of sp³-hybridized carbons (Fsp3) is 0.167. The number of fused-ring (bicyclic) bond motifs is 1. The number of anilines is 2. The molecule has 0 aliphatic rings. The molecule has 0 aliphatic carbocycles. The molecule has 0 saturated carbocycles. The largest absolute Gasteiger partial charge is 0.338 e. The summed E-state index contributed by atoms with van der Waals surface area (Å²) in [5.41, 5.74) is 3.08. The van der Waals surface area contributed by atoms with Gasteiger partial charge >= 0.3 is 0 Å². The van der Waals surface area contributed by atoms with Gasteiger partial charge in [0.05, 0.1) is 0 Å². The molecular weight excluding hydrogens is 310 g/mol. The molecule has 0 aliphatic heterocycles. The van der Waals surface area contributed by atoms with E-state index in [-0.39, 0.29) is 0 Å². The standard InChI is InChI=1S/C16H12ClN3O.C2H6/c1-10-13(17)3-2-4-14(10)20-16-15-12(5-6-18-16)7-11(9-21)8-19-15;1-2/h2-9H,1H3,(H,18,20);1-2H3. The molecule has 0 fully saturated rings. The van der Waals surface area contributed by atoms with Gasteiger partial charge in [0.15, 0.2) is 12.1 Å². The van der Waals surface area contributed by atoms with E-state index >= 15 is 0 Å². The van der Waals surface area contributed by atoms with Gasteiger partial charge in [-0.05, 0) is 36.8 Å². The highest BCUT2D eigenvalue weighted by Gasteiger charge is 2.08. The van der Waals surface area contributed by atoms with Gasteiger partial charge < -0.3 is 5.32 Å². The van der Waals surface area contributed by atoms with Crippen LogP contribution in [-0.2, 0) is 0 Å². The zero-order valence-electron chi connectivity index (χ0n) is 13.3. The van der Waals surface area contributed by atoms with Crippen molar-refractivity contribution in [1.29, 1.82) is 0 Å². The van der Waals surface area contributed by atoms with Gasteiger partial charge in [0.2, 0.25) is 0 Å². The molecule has 2 heterocycles. The van der Waals surface area contributed by atoms with E-state index in [0.29, 0.717) is 21.9 Å². The minimum atomic E-state index is 0.540. The molecule has 5 heteroatoms. The number of rotatable bonds is 3. The molecule has 1 N–H and O–H groups in total. The lowest BCUT2D eigenvalue weighted by molar-refractivity contribution is 0.112. The first-order valence-electron chi connectivity index (χ1n) is 7.41. The Morgan fingerprint density at radius 1 is 1.17 bits per heavy atom. The number of nitrogens with one attached hydrogen (secondary N) is 1. The molecule has 1 aromatic carbocycles. The Hall–Kier alpha value is -2.46. The van der Waals surface area contributed by atoms with Crippen LogP contribution in [0.5, 0.6) is 0 Å². The van der Waals surface area contributed by atoms with Crippen molar-refractivity contribution >= 4 is 40.3 Å². The molecule has 0 radical (unpaired) electrons. The lowest BCUT2D eigenvalue weighted by Gasteiger charge is -2.11. The molecule has 3 aromatic rings. The summed E-state index contributed by atoms with van der Waals surface area (Å²) in [5, 5.41) is 4.80. The first kappa shape index (κ1) is 16.9. The molecule has 0 bridgehead atoms. The van der Waals surface area contributed by atoms with Gasteiger partial charge in [-0.2, -0.15) is 0 Å². The van der Waals surface area contributed by atoms with Crippen LogP contribution in [-0.4, -0.2) is 16.3 Å². The highest BCUT2D eigenvalue weighted by Crippen LogP contribution is 2.28. The van der Waals surface area contributed by atoms with E-state index < -0.39 is 0 Å². The van der Waals surface area contributed by atoms with Crippen LogP contribution in [0.3, 0.4) is 0 Å². The fourth-order valence-electron chi connectivity index (χ4n) is 2.10. The van der Waals surface area contributed by atoms with Crippen molar-refractivity contribution < 1.29 is 4.79 Å². The molecule has 118 valence electrons. The van der Waals surface area contributed by atoms with Crippen LogP contribution in [0.2, 0.25) is 5.02 Å². The van der Waals surface area contributed by atoms with Gasteiger partial charge in [-0.3, -0.25) is 9.78 Å². The molecule has 4 nitrogen and oxygen atoms in total. The Morgan fingerprint density at radius 2 is 1.96 bits per heavy atom. The van der Waals surface area contributed by atoms with Crippen molar-refractivity contribution in [1.82, 2.24) is 9.97 Å².